The Labute approximate surface area is 156 Å². The third kappa shape index (κ3) is 5.03. The molecule has 0 amide bonds. The second-order valence-corrected chi connectivity index (χ2v) is 6.33. The van der Waals surface area contributed by atoms with Crippen molar-refractivity contribution in [2.45, 2.75) is 12.3 Å². The number of aliphatic hydroxyl groups excluding tert-OH is 1. The van der Waals surface area contributed by atoms with Crippen molar-refractivity contribution in [3.8, 4) is 11.5 Å². The van der Waals surface area contributed by atoms with E-state index in [1.165, 1.54) is 13.2 Å². The van der Waals surface area contributed by atoms with Crippen molar-refractivity contribution in [3.05, 3.63) is 40.1 Å². The van der Waals surface area contributed by atoms with Gasteiger partial charge in [-0.1, -0.05) is 0 Å². The first-order valence-electron chi connectivity index (χ1n) is 7.29. The zero-order valence-corrected chi connectivity index (χ0v) is 15.0. The number of alkyl halides is 4. The van der Waals surface area contributed by atoms with Crippen LogP contribution in [0.4, 0.5) is 18.9 Å². The number of esters is 1. The maximum Gasteiger partial charge on any atom is 0.416 e. The molecule has 142 valence electrons. The molecular formula is C16H15ClF3NO4S. The van der Waals surface area contributed by atoms with Gasteiger partial charge in [0.2, 0.25) is 0 Å². The molecule has 10 heteroatoms. The molecule has 5 nitrogen and oxygen atoms in total. The summed E-state index contributed by atoms with van der Waals surface area (Å²) >= 11 is 6.58. The summed E-state index contributed by atoms with van der Waals surface area (Å²) in [6.07, 6.45) is -5.49. The van der Waals surface area contributed by atoms with Gasteiger partial charge in [0, 0.05) is 6.54 Å². The molecule has 2 N–H and O–H groups in total. The normalized spacial score (nSPS) is 12.5. The van der Waals surface area contributed by atoms with Crippen molar-refractivity contribution in [2.24, 2.45) is 0 Å². The molecule has 0 bridgehead atoms. The molecule has 0 radical (unpaired) electrons. The van der Waals surface area contributed by atoms with Gasteiger partial charge in [0.25, 0.3) is 0 Å². The number of hydrogen-bond donors (Lipinski definition) is 2. The van der Waals surface area contributed by atoms with Crippen molar-refractivity contribution in [1.29, 1.82) is 0 Å². The molecule has 0 saturated heterocycles. The maximum absolute atomic E-state index is 13.0. The predicted molar refractivity (Wildman–Crippen MR) is 92.4 cm³/mol. The van der Waals surface area contributed by atoms with Crippen molar-refractivity contribution in [2.75, 3.05) is 24.9 Å². The zero-order chi connectivity index (χ0) is 19.3. The van der Waals surface area contributed by atoms with Crippen molar-refractivity contribution in [1.82, 2.24) is 0 Å². The van der Waals surface area contributed by atoms with E-state index in [4.69, 9.17) is 16.3 Å². The van der Waals surface area contributed by atoms with Crippen LogP contribution in [-0.4, -0.2) is 36.7 Å². The first kappa shape index (κ1) is 20.3. The van der Waals surface area contributed by atoms with Crippen molar-refractivity contribution < 1.29 is 32.5 Å². The number of methoxy groups -OCH3 is 1. The standard InChI is InChI=1S/C16H15ClF3NO4S/c1-24-15(23)14-13(4-5-26-14)25-12-3-2-9(16(18,19)20)6-11(12)21-8-10(22)7-17/h2-6,10,21-22H,7-8H2,1H3. The summed E-state index contributed by atoms with van der Waals surface area (Å²) in [5.74, 6) is -0.487. The third-order valence-electron chi connectivity index (χ3n) is 3.23. The summed E-state index contributed by atoms with van der Waals surface area (Å²) < 4.78 is 49.1. The van der Waals surface area contributed by atoms with Gasteiger partial charge in [0.05, 0.1) is 30.3 Å². The number of halogens is 4. The lowest BCUT2D eigenvalue weighted by Gasteiger charge is -2.17. The smallest absolute Gasteiger partial charge is 0.416 e. The first-order chi connectivity index (χ1) is 12.3. The highest BCUT2D eigenvalue weighted by molar-refractivity contribution is 7.12. The van der Waals surface area contributed by atoms with Crippen LogP contribution in [0, 0.1) is 0 Å². The Morgan fingerprint density at radius 2 is 2.08 bits per heavy atom. The van der Waals surface area contributed by atoms with Crippen LogP contribution >= 0.6 is 22.9 Å². The van der Waals surface area contributed by atoms with Gasteiger partial charge in [-0.25, -0.2) is 4.79 Å². The lowest BCUT2D eigenvalue weighted by molar-refractivity contribution is -0.137. The highest BCUT2D eigenvalue weighted by Crippen LogP contribution is 2.38. The number of carbonyl (C=O) groups is 1. The van der Waals surface area contributed by atoms with Crippen LogP contribution in [0.1, 0.15) is 15.2 Å². The van der Waals surface area contributed by atoms with Gasteiger partial charge >= 0.3 is 12.1 Å². The van der Waals surface area contributed by atoms with E-state index < -0.39 is 23.8 Å². The molecule has 0 aliphatic carbocycles. The summed E-state index contributed by atoms with van der Waals surface area (Å²) in [7, 11) is 1.21. The van der Waals surface area contributed by atoms with Crippen LogP contribution in [0.5, 0.6) is 11.5 Å². The van der Waals surface area contributed by atoms with Crippen LogP contribution in [0.15, 0.2) is 29.6 Å². The van der Waals surface area contributed by atoms with Crippen molar-refractivity contribution >= 4 is 34.6 Å². The summed E-state index contributed by atoms with van der Waals surface area (Å²) in [4.78, 5) is 11.9. The van der Waals surface area contributed by atoms with E-state index in [-0.39, 0.29) is 34.5 Å². The average Bonchev–Trinajstić information content (AvgIpc) is 3.07. The van der Waals surface area contributed by atoms with Crippen LogP contribution in [0.3, 0.4) is 0 Å². The molecule has 0 aliphatic heterocycles. The van der Waals surface area contributed by atoms with E-state index in [1.807, 2.05) is 0 Å². The van der Waals surface area contributed by atoms with E-state index in [2.05, 4.69) is 10.1 Å². The Morgan fingerprint density at radius 1 is 1.35 bits per heavy atom. The lowest BCUT2D eigenvalue weighted by Crippen LogP contribution is -2.21. The maximum atomic E-state index is 13.0. The molecule has 0 fully saturated rings. The number of rotatable bonds is 7. The minimum atomic E-state index is -4.54. The predicted octanol–water partition coefficient (Wildman–Crippen LogP) is 4.36. The highest BCUT2D eigenvalue weighted by Gasteiger charge is 2.31. The Morgan fingerprint density at radius 3 is 2.69 bits per heavy atom. The number of aliphatic hydroxyl groups is 1. The number of thiophene rings is 1. The Bertz CT molecular complexity index is 766. The van der Waals surface area contributed by atoms with Gasteiger partial charge in [0.1, 0.15) is 0 Å². The van der Waals surface area contributed by atoms with Gasteiger partial charge < -0.3 is 19.9 Å². The van der Waals surface area contributed by atoms with Gasteiger partial charge in [-0.15, -0.1) is 22.9 Å². The van der Waals surface area contributed by atoms with Crippen LogP contribution in [0.25, 0.3) is 0 Å². The molecule has 1 atom stereocenters. The van der Waals surface area contributed by atoms with Gasteiger partial charge in [-0.2, -0.15) is 13.2 Å². The topological polar surface area (TPSA) is 67.8 Å². The second-order valence-electron chi connectivity index (χ2n) is 5.11. The molecule has 26 heavy (non-hydrogen) atoms. The summed E-state index contributed by atoms with van der Waals surface area (Å²) in [5, 5.41) is 13.8. The lowest BCUT2D eigenvalue weighted by atomic mass is 10.1. The SMILES string of the molecule is COC(=O)c1sccc1Oc1ccc(C(F)(F)F)cc1NCC(O)CCl. The molecule has 1 aromatic carbocycles. The van der Waals surface area contributed by atoms with E-state index in [0.717, 1.165) is 29.5 Å². The van der Waals surface area contributed by atoms with Crippen molar-refractivity contribution in [3.63, 3.8) is 0 Å². The number of nitrogens with one attached hydrogen (secondary N) is 1. The van der Waals surface area contributed by atoms with E-state index in [1.54, 1.807) is 5.38 Å². The number of ether oxygens (including phenoxy) is 2. The molecule has 1 unspecified atom stereocenters. The molecule has 0 spiro atoms. The molecule has 2 rings (SSSR count). The summed E-state index contributed by atoms with van der Waals surface area (Å²) in [5.41, 5.74) is -0.878. The molecule has 0 saturated carbocycles. The number of benzene rings is 1. The minimum Gasteiger partial charge on any atom is -0.465 e. The van der Waals surface area contributed by atoms with Gasteiger partial charge in [-0.05, 0) is 29.6 Å². The molecule has 2 aromatic rings. The second kappa shape index (κ2) is 8.61. The largest absolute Gasteiger partial charge is 0.465 e. The Kier molecular flexibility index (Phi) is 6.74. The third-order valence-corrected chi connectivity index (χ3v) is 4.46. The summed E-state index contributed by atoms with van der Waals surface area (Å²) in [6.45, 7) is -0.0747. The quantitative estimate of drug-likeness (QED) is 0.525. The minimum absolute atomic E-state index is 0.00556. The van der Waals surface area contributed by atoms with Gasteiger partial charge in [-0.3, -0.25) is 0 Å². The Hall–Kier alpha value is -1.97. The van der Waals surface area contributed by atoms with E-state index >= 15 is 0 Å². The summed E-state index contributed by atoms with van der Waals surface area (Å²) in [6, 6.07) is 4.37. The van der Waals surface area contributed by atoms with Gasteiger partial charge in [0.15, 0.2) is 16.4 Å². The first-order valence-corrected chi connectivity index (χ1v) is 8.70. The van der Waals surface area contributed by atoms with E-state index in [0.29, 0.717) is 0 Å². The number of carbonyl (C=O) groups excluding carboxylic acids is 1. The number of anilines is 1. The molecule has 1 aromatic heterocycles. The highest BCUT2D eigenvalue weighted by atomic mass is 35.5. The fourth-order valence-corrected chi connectivity index (χ4v) is 2.80. The molecular weight excluding hydrogens is 395 g/mol. The number of hydrogen-bond acceptors (Lipinski definition) is 6. The van der Waals surface area contributed by atoms with Crippen LogP contribution in [0.2, 0.25) is 0 Å². The van der Waals surface area contributed by atoms with Crippen LogP contribution in [-0.2, 0) is 10.9 Å². The zero-order valence-electron chi connectivity index (χ0n) is 13.5. The average molecular weight is 410 g/mol. The fraction of sp³-hybridized carbons (Fsp3) is 0.312. The molecule has 0 aliphatic rings. The van der Waals surface area contributed by atoms with E-state index in [9.17, 15) is 23.1 Å². The fourth-order valence-electron chi connectivity index (χ4n) is 1.95. The Balaban J connectivity index is 2.34. The monoisotopic (exact) mass is 409 g/mol. The molecule has 1 heterocycles. The van der Waals surface area contributed by atoms with Crippen LogP contribution < -0.4 is 10.1 Å².